The van der Waals surface area contributed by atoms with Crippen LogP contribution in [-0.4, -0.2) is 38.1 Å². The van der Waals surface area contributed by atoms with Crippen molar-refractivity contribution in [2.24, 2.45) is 0 Å². The van der Waals surface area contributed by atoms with Crippen molar-refractivity contribution in [1.82, 2.24) is 0 Å². The van der Waals surface area contributed by atoms with Crippen LogP contribution in [0, 0.1) is 0 Å². The van der Waals surface area contributed by atoms with Gasteiger partial charge in [0.15, 0.2) is 9.84 Å². The number of benzene rings is 2. The molecule has 0 radical (unpaired) electrons. The summed E-state index contributed by atoms with van der Waals surface area (Å²) < 4.78 is 25.8. The largest absolute Gasteiger partial charge is 0.376 e. The Morgan fingerprint density at radius 1 is 1.13 bits per heavy atom. The number of anilines is 3. The SMILES string of the molecule is CC1CC(=O)Nc2ccccc2N1C(=O)CNc1cccc(S(=O)(=O)C2CCCC2)c1. The van der Waals surface area contributed by atoms with Crippen molar-refractivity contribution in [3.63, 3.8) is 0 Å². The molecule has 4 rings (SSSR count). The van der Waals surface area contributed by atoms with Gasteiger partial charge in [-0.25, -0.2) is 8.42 Å². The second-order valence-corrected chi connectivity index (χ2v) is 10.4. The van der Waals surface area contributed by atoms with E-state index >= 15 is 0 Å². The fourth-order valence-corrected chi connectivity index (χ4v) is 6.30. The van der Waals surface area contributed by atoms with Gasteiger partial charge in [0, 0.05) is 18.2 Å². The minimum Gasteiger partial charge on any atom is -0.376 e. The van der Waals surface area contributed by atoms with E-state index in [1.54, 1.807) is 35.2 Å². The summed E-state index contributed by atoms with van der Waals surface area (Å²) in [5.74, 6) is -0.325. The van der Waals surface area contributed by atoms with Gasteiger partial charge in [0.25, 0.3) is 0 Å². The van der Waals surface area contributed by atoms with Crippen LogP contribution in [0.1, 0.15) is 39.0 Å². The highest BCUT2D eigenvalue weighted by molar-refractivity contribution is 7.92. The fourth-order valence-electron chi connectivity index (χ4n) is 4.40. The molecule has 2 aromatic rings. The molecule has 7 nitrogen and oxygen atoms in total. The van der Waals surface area contributed by atoms with Crippen LogP contribution in [0.5, 0.6) is 0 Å². The van der Waals surface area contributed by atoms with Gasteiger partial charge in [0.2, 0.25) is 11.8 Å². The van der Waals surface area contributed by atoms with E-state index in [0.29, 0.717) is 34.8 Å². The predicted octanol–water partition coefficient (Wildman–Crippen LogP) is 3.58. The number of hydrogen-bond donors (Lipinski definition) is 2. The standard InChI is InChI=1S/C23H27N3O4S/c1-16-13-22(27)25-20-11-4-5-12-21(20)26(16)23(28)15-24-17-7-6-10-19(14-17)31(29,30)18-8-2-3-9-18/h4-7,10-12,14,16,18,24H,2-3,8-9,13,15H2,1H3,(H,25,27). The molecule has 164 valence electrons. The van der Waals surface area contributed by atoms with Crippen molar-refractivity contribution >= 4 is 38.7 Å². The topological polar surface area (TPSA) is 95.6 Å². The van der Waals surface area contributed by atoms with Gasteiger partial charge in [0.05, 0.1) is 28.1 Å². The van der Waals surface area contributed by atoms with Crippen LogP contribution < -0.4 is 15.5 Å². The summed E-state index contributed by atoms with van der Waals surface area (Å²) in [5.41, 5.74) is 1.84. The second kappa shape index (κ2) is 8.70. The van der Waals surface area contributed by atoms with Crippen molar-refractivity contribution in [3.8, 4) is 0 Å². The molecule has 0 saturated heterocycles. The Hall–Kier alpha value is -2.87. The molecule has 1 saturated carbocycles. The molecule has 1 aliphatic carbocycles. The van der Waals surface area contributed by atoms with E-state index in [4.69, 9.17) is 0 Å². The first-order valence-electron chi connectivity index (χ1n) is 10.6. The first-order chi connectivity index (χ1) is 14.9. The van der Waals surface area contributed by atoms with E-state index in [1.165, 1.54) is 0 Å². The highest BCUT2D eigenvalue weighted by Crippen LogP contribution is 2.32. The van der Waals surface area contributed by atoms with Crippen LogP contribution in [0.15, 0.2) is 53.4 Å². The molecule has 2 amide bonds. The zero-order valence-electron chi connectivity index (χ0n) is 17.5. The van der Waals surface area contributed by atoms with Gasteiger partial charge in [0.1, 0.15) is 0 Å². The van der Waals surface area contributed by atoms with Gasteiger partial charge < -0.3 is 15.5 Å². The van der Waals surface area contributed by atoms with Gasteiger partial charge in [-0.15, -0.1) is 0 Å². The Morgan fingerprint density at radius 2 is 1.87 bits per heavy atom. The number of carbonyl (C=O) groups is 2. The molecule has 8 heteroatoms. The average Bonchev–Trinajstić information content (AvgIpc) is 3.25. The smallest absolute Gasteiger partial charge is 0.246 e. The lowest BCUT2D eigenvalue weighted by atomic mass is 10.1. The number of para-hydroxylation sites is 2. The van der Waals surface area contributed by atoms with Gasteiger partial charge >= 0.3 is 0 Å². The molecule has 2 aliphatic rings. The third-order valence-corrected chi connectivity index (χ3v) is 8.24. The minimum absolute atomic E-state index is 0.0141. The molecule has 0 bridgehead atoms. The van der Waals surface area contributed by atoms with Crippen LogP contribution in [0.3, 0.4) is 0 Å². The lowest BCUT2D eigenvalue weighted by Crippen LogP contribution is -2.42. The summed E-state index contributed by atoms with van der Waals surface area (Å²) in [6.45, 7) is 1.83. The van der Waals surface area contributed by atoms with Gasteiger partial charge in [-0.3, -0.25) is 9.59 Å². The molecule has 2 aromatic carbocycles. The van der Waals surface area contributed by atoms with Crippen molar-refractivity contribution in [3.05, 3.63) is 48.5 Å². The first-order valence-corrected chi connectivity index (χ1v) is 12.2. The number of amides is 2. The highest BCUT2D eigenvalue weighted by atomic mass is 32.2. The molecule has 0 aromatic heterocycles. The van der Waals surface area contributed by atoms with Crippen LogP contribution in [0.4, 0.5) is 17.1 Å². The monoisotopic (exact) mass is 441 g/mol. The fraction of sp³-hybridized carbons (Fsp3) is 0.391. The lowest BCUT2D eigenvalue weighted by Gasteiger charge is -2.28. The van der Waals surface area contributed by atoms with Gasteiger partial charge in [-0.1, -0.05) is 31.0 Å². The number of fused-ring (bicyclic) bond motifs is 1. The Labute approximate surface area is 182 Å². The third kappa shape index (κ3) is 4.44. The lowest BCUT2D eigenvalue weighted by molar-refractivity contribution is -0.118. The summed E-state index contributed by atoms with van der Waals surface area (Å²) in [5, 5.41) is 5.59. The quantitative estimate of drug-likeness (QED) is 0.739. The molecule has 1 unspecified atom stereocenters. The molecule has 1 heterocycles. The maximum Gasteiger partial charge on any atom is 0.246 e. The summed E-state index contributed by atoms with van der Waals surface area (Å²) in [6, 6.07) is 13.6. The van der Waals surface area contributed by atoms with E-state index in [1.807, 2.05) is 25.1 Å². The maximum atomic E-state index is 13.1. The number of carbonyl (C=O) groups excluding carboxylic acids is 2. The average molecular weight is 442 g/mol. The Balaban J connectivity index is 1.51. The van der Waals surface area contributed by atoms with E-state index < -0.39 is 9.84 Å². The molecular weight excluding hydrogens is 414 g/mol. The molecule has 31 heavy (non-hydrogen) atoms. The van der Waals surface area contributed by atoms with E-state index in [-0.39, 0.29) is 36.1 Å². The zero-order chi connectivity index (χ0) is 22.0. The molecule has 1 aliphatic heterocycles. The number of hydrogen-bond acceptors (Lipinski definition) is 5. The van der Waals surface area contributed by atoms with Crippen LogP contribution in [0.2, 0.25) is 0 Å². The van der Waals surface area contributed by atoms with Gasteiger partial charge in [-0.05, 0) is 50.1 Å². The third-order valence-electron chi connectivity index (χ3n) is 5.98. The second-order valence-electron chi connectivity index (χ2n) is 8.22. The Morgan fingerprint density at radius 3 is 2.65 bits per heavy atom. The minimum atomic E-state index is -3.36. The molecule has 2 N–H and O–H groups in total. The summed E-state index contributed by atoms with van der Waals surface area (Å²) in [4.78, 5) is 27.1. The summed E-state index contributed by atoms with van der Waals surface area (Å²) >= 11 is 0. The van der Waals surface area contributed by atoms with Gasteiger partial charge in [-0.2, -0.15) is 0 Å². The van der Waals surface area contributed by atoms with Crippen LogP contribution in [-0.2, 0) is 19.4 Å². The molecular formula is C23H27N3O4S. The van der Waals surface area contributed by atoms with Crippen LogP contribution in [0.25, 0.3) is 0 Å². The van der Waals surface area contributed by atoms with Crippen molar-refractivity contribution in [1.29, 1.82) is 0 Å². The van der Waals surface area contributed by atoms with Crippen LogP contribution >= 0.6 is 0 Å². The van der Waals surface area contributed by atoms with E-state index in [2.05, 4.69) is 10.6 Å². The van der Waals surface area contributed by atoms with Crippen molar-refractivity contribution in [2.75, 3.05) is 22.1 Å². The zero-order valence-corrected chi connectivity index (χ0v) is 18.3. The highest BCUT2D eigenvalue weighted by Gasteiger charge is 2.31. The molecule has 0 spiro atoms. The number of sulfone groups is 1. The molecule has 1 fully saturated rings. The first kappa shape index (κ1) is 21.4. The number of nitrogens with zero attached hydrogens (tertiary/aromatic N) is 1. The predicted molar refractivity (Wildman–Crippen MR) is 121 cm³/mol. The number of nitrogens with one attached hydrogen (secondary N) is 2. The number of rotatable bonds is 5. The Kier molecular flexibility index (Phi) is 6.00. The summed E-state index contributed by atoms with van der Waals surface area (Å²) in [6.07, 6.45) is 3.51. The van der Waals surface area contributed by atoms with E-state index in [9.17, 15) is 18.0 Å². The summed E-state index contributed by atoms with van der Waals surface area (Å²) in [7, 11) is -3.36. The van der Waals surface area contributed by atoms with Crippen molar-refractivity contribution < 1.29 is 18.0 Å². The normalized spacial score (nSPS) is 19.5. The van der Waals surface area contributed by atoms with Crippen molar-refractivity contribution in [2.45, 2.75) is 55.2 Å². The maximum absolute atomic E-state index is 13.1. The van der Waals surface area contributed by atoms with E-state index in [0.717, 1.165) is 12.8 Å². The molecule has 1 atom stereocenters. The Bertz CT molecular complexity index is 1090.